The van der Waals surface area contributed by atoms with Gasteiger partial charge in [-0.3, -0.25) is 0 Å². The van der Waals surface area contributed by atoms with Gasteiger partial charge in [0.05, 0.1) is 0 Å². The van der Waals surface area contributed by atoms with Crippen LogP contribution < -0.4 is 15.3 Å². The van der Waals surface area contributed by atoms with Crippen LogP contribution in [-0.4, -0.2) is 39.1 Å². The summed E-state index contributed by atoms with van der Waals surface area (Å²) in [5.41, 5.74) is 0. The minimum absolute atomic E-state index is 0.149. The number of hydrogen-bond donors (Lipinski definition) is 0. The molecule has 0 aliphatic heterocycles. The van der Waals surface area contributed by atoms with Crippen LogP contribution in [0.4, 0.5) is 0 Å². The number of carbonyl (C=O) groups is 3. The fourth-order valence-electron chi connectivity index (χ4n) is 3.89. The van der Waals surface area contributed by atoms with Crippen LogP contribution in [0.5, 0.6) is 0 Å². The van der Waals surface area contributed by atoms with Gasteiger partial charge in [0.2, 0.25) is 0 Å². The van der Waals surface area contributed by atoms with E-state index in [2.05, 4.69) is 27.7 Å². The molecule has 0 heterocycles. The molecule has 41 heavy (non-hydrogen) atoms. The normalized spacial score (nSPS) is 9.88. The Morgan fingerprint density at radius 2 is 0.634 bits per heavy atom. The first-order valence-electron chi connectivity index (χ1n) is 17.0. The number of unbranched alkanes of at least 4 members (excludes halogenated alkanes) is 18. The van der Waals surface area contributed by atoms with Crippen molar-refractivity contribution in [3.8, 4) is 0 Å². The van der Waals surface area contributed by atoms with Gasteiger partial charge in [-0.1, -0.05) is 117 Å². The van der Waals surface area contributed by atoms with Crippen molar-refractivity contribution in [3.63, 3.8) is 0 Å². The van der Waals surface area contributed by atoms with Gasteiger partial charge in [0.25, 0.3) is 0 Å². The predicted octanol–water partition coefficient (Wildman–Crippen LogP) is 7.20. The van der Waals surface area contributed by atoms with Crippen LogP contribution in [0, 0.1) is 0 Å². The molecule has 0 atom stereocenters. The van der Waals surface area contributed by atoms with E-state index in [4.69, 9.17) is 9.90 Å². The second-order valence-corrected chi connectivity index (χ2v) is 15.1. The van der Waals surface area contributed by atoms with Crippen molar-refractivity contribution in [1.82, 2.24) is 0 Å². The third-order valence-electron chi connectivity index (χ3n) is 6.38. The molecule has 6 nitrogen and oxygen atoms in total. The Bertz CT molecular complexity index is 471. The second kappa shape index (κ2) is 46.2. The Hall–Kier alpha value is -0.791. The van der Waals surface area contributed by atoms with Gasteiger partial charge in [-0.2, -0.15) is 0 Å². The van der Waals surface area contributed by atoms with E-state index in [1.807, 2.05) is 0 Å². The van der Waals surface area contributed by atoms with E-state index in [9.17, 15) is 19.8 Å². The monoisotopic (exact) mass is 691 g/mol. The van der Waals surface area contributed by atoms with Crippen molar-refractivity contribution >= 4 is 39.1 Å². The molecule has 0 unspecified atom stereocenters. The van der Waals surface area contributed by atoms with Gasteiger partial charge >= 0.3 is 69.5 Å². The fraction of sp³-hybridized carbons (Fsp3) is 0.912. The summed E-state index contributed by atoms with van der Waals surface area (Å²) in [6.07, 6.45) is 28.2. The summed E-state index contributed by atoms with van der Waals surface area (Å²) >= 11 is 0.149. The molecule has 5 radical (unpaired) electrons. The predicted molar refractivity (Wildman–Crippen MR) is 170 cm³/mol. The molecular weight excluding hydrogens is 623 g/mol. The molecule has 0 spiro atoms. The summed E-state index contributed by atoms with van der Waals surface area (Å²) in [4.78, 5) is 29.1. The van der Waals surface area contributed by atoms with E-state index in [-0.39, 0.29) is 34.0 Å². The first kappa shape index (κ1) is 47.1. The maximum atomic E-state index is 10.1. The van der Waals surface area contributed by atoms with Crippen LogP contribution in [0.15, 0.2) is 0 Å². The number of carbonyl (C=O) groups excluding carboxylic acids is 3. The van der Waals surface area contributed by atoms with Crippen LogP contribution in [0.3, 0.4) is 0 Å². The van der Waals surface area contributed by atoms with Crippen molar-refractivity contribution in [2.75, 3.05) is 0 Å². The quantitative estimate of drug-likeness (QED) is 0.0700. The molecule has 243 valence electrons. The number of carboxylic acids is 3. The van der Waals surface area contributed by atoms with Crippen molar-refractivity contribution in [2.24, 2.45) is 0 Å². The van der Waals surface area contributed by atoms with E-state index in [1.54, 1.807) is 8.87 Å². The van der Waals surface area contributed by atoms with Gasteiger partial charge in [-0.15, -0.1) is 0 Å². The number of aliphatic carboxylic acids is 3. The molecule has 0 saturated carbocycles. The molecule has 0 aliphatic carbocycles. The van der Waals surface area contributed by atoms with E-state index < -0.39 is 17.9 Å². The third-order valence-corrected chi connectivity index (χ3v) is 10.4. The van der Waals surface area contributed by atoms with Gasteiger partial charge in [0.1, 0.15) is 0 Å². The molecule has 0 aromatic heterocycles. The van der Waals surface area contributed by atoms with Crippen molar-refractivity contribution in [3.05, 3.63) is 0 Å². The molecule has 0 aromatic carbocycles. The molecule has 0 aliphatic rings. The number of rotatable bonds is 26. The zero-order valence-electron chi connectivity index (χ0n) is 27.8. The molecule has 0 amide bonds. The molecule has 0 rings (SSSR count). The molecule has 0 fully saturated rings. The number of hydrogen-bond acceptors (Lipinski definition) is 6. The average molecular weight is 691 g/mol. The van der Waals surface area contributed by atoms with Crippen molar-refractivity contribution in [2.45, 2.75) is 198 Å². The topological polar surface area (TPSA) is 120 Å². The summed E-state index contributed by atoms with van der Waals surface area (Å²) < 4.78 is 3.25. The summed E-state index contributed by atoms with van der Waals surface area (Å²) in [7, 11) is 0. The molecule has 0 aromatic rings. The van der Waals surface area contributed by atoms with Crippen LogP contribution >= 0.6 is 0 Å². The van der Waals surface area contributed by atoms with Gasteiger partial charge in [-0.05, 0) is 32.6 Å². The Labute approximate surface area is 265 Å². The van der Waals surface area contributed by atoms with Gasteiger partial charge < -0.3 is 29.7 Å². The maximum absolute atomic E-state index is 10.1. The van der Waals surface area contributed by atoms with E-state index in [0.29, 0.717) is 0 Å². The standard InChI is InChI=1S/2C12H24O2.2C4H9.C2H4O2.Sn/c2*1-2-3-4-5-6-7-8-9-10-11-12(13)14;2*1-3-4-2;1-2(3)4;/h2*2-11H2,1H3,(H,13,14);2*1,3-4H2,2H3;1H3,(H,3,4);/q;;;;;+3/p-3. The Kier molecular flexibility index (Phi) is 53.1. The Morgan fingerprint density at radius 3 is 0.854 bits per heavy atom. The van der Waals surface area contributed by atoms with Gasteiger partial charge in [0, 0.05) is 17.9 Å². The van der Waals surface area contributed by atoms with Crippen molar-refractivity contribution in [1.29, 1.82) is 0 Å². The number of carboxylic acid groups (broad SMARTS) is 3. The molecule has 0 saturated heterocycles. The summed E-state index contributed by atoms with van der Waals surface area (Å²) in [5.74, 6) is -2.90. The average Bonchev–Trinajstić information content (AvgIpc) is 2.91. The first-order chi connectivity index (χ1) is 19.7. The van der Waals surface area contributed by atoms with E-state index >= 15 is 0 Å². The van der Waals surface area contributed by atoms with Crippen LogP contribution in [0.2, 0.25) is 8.87 Å². The molecule has 7 heteroatoms. The van der Waals surface area contributed by atoms with Crippen LogP contribution in [0.25, 0.3) is 0 Å². The van der Waals surface area contributed by atoms with E-state index in [1.165, 1.54) is 116 Å². The van der Waals surface area contributed by atoms with Crippen LogP contribution in [-0.2, 0) is 14.4 Å². The molecule has 0 bridgehead atoms. The minimum atomic E-state index is -1.08. The molecular formula is C34H67O6Sn. The SMILES string of the molecule is CC(=O)[O-].CCCCCCCCCCCC(=O)[O-].CCCCCCCCCCCC(=O)[O-].CCC[CH2][Sn+3][CH2]CCC. The van der Waals surface area contributed by atoms with Gasteiger partial charge in [-0.25, -0.2) is 0 Å². The van der Waals surface area contributed by atoms with Crippen LogP contribution in [0.1, 0.15) is 189 Å². The molecule has 0 N–H and O–H groups in total. The Balaban J connectivity index is -0.000000239. The zero-order valence-corrected chi connectivity index (χ0v) is 30.7. The Morgan fingerprint density at radius 1 is 0.415 bits per heavy atom. The first-order valence-corrected chi connectivity index (χ1v) is 21.0. The summed E-state index contributed by atoms with van der Waals surface area (Å²) in [6, 6.07) is 0. The zero-order chi connectivity index (χ0) is 31.8. The third kappa shape index (κ3) is 73.3. The summed E-state index contributed by atoms with van der Waals surface area (Å²) in [5, 5.41) is 29.1. The van der Waals surface area contributed by atoms with Crippen molar-refractivity contribution < 1.29 is 29.7 Å². The second-order valence-electron chi connectivity index (χ2n) is 10.8. The van der Waals surface area contributed by atoms with Gasteiger partial charge in [0.15, 0.2) is 0 Å². The van der Waals surface area contributed by atoms with E-state index in [0.717, 1.165) is 32.6 Å². The fourth-order valence-corrected chi connectivity index (χ4v) is 8.05. The summed E-state index contributed by atoms with van der Waals surface area (Å²) in [6.45, 7) is 10.00.